The molecule has 3 heteroatoms. The largest absolute Gasteiger partial charge is 0.368 e. The Morgan fingerprint density at radius 2 is 2.18 bits per heavy atom. The number of hydrogen-bond donors (Lipinski definition) is 0. The summed E-state index contributed by atoms with van der Waals surface area (Å²) in [5.41, 5.74) is 1.72. The second-order valence-electron chi connectivity index (χ2n) is 4.67. The number of benzene rings is 1. The molecule has 1 aliphatic rings. The lowest BCUT2D eigenvalue weighted by Gasteiger charge is -2.30. The average molecular weight is 249 g/mol. The smallest absolute Gasteiger partial charge is 0.101 e. The summed E-state index contributed by atoms with van der Waals surface area (Å²) in [5.74, 6) is 0. The van der Waals surface area contributed by atoms with E-state index in [0.29, 0.717) is 16.6 Å². The topological polar surface area (TPSA) is 27.0 Å². The van der Waals surface area contributed by atoms with Gasteiger partial charge in [-0.2, -0.15) is 5.26 Å². The fourth-order valence-corrected chi connectivity index (χ4v) is 2.65. The second kappa shape index (κ2) is 5.42. The molecule has 0 spiro atoms. The lowest BCUT2D eigenvalue weighted by molar-refractivity contribution is 0.616. The van der Waals surface area contributed by atoms with Crippen LogP contribution in [0.15, 0.2) is 18.2 Å². The third-order valence-electron chi connectivity index (χ3n) is 3.44. The fraction of sp³-hybridized carbons (Fsp3) is 0.500. The van der Waals surface area contributed by atoms with Gasteiger partial charge in [-0.3, -0.25) is 0 Å². The molecule has 0 amide bonds. The third kappa shape index (κ3) is 2.73. The highest BCUT2D eigenvalue weighted by Crippen LogP contribution is 2.28. The van der Waals surface area contributed by atoms with Crippen LogP contribution in [0.4, 0.5) is 5.69 Å². The van der Waals surface area contributed by atoms with Crippen molar-refractivity contribution >= 4 is 17.3 Å². The van der Waals surface area contributed by atoms with Crippen molar-refractivity contribution < 1.29 is 0 Å². The Morgan fingerprint density at radius 3 is 2.94 bits per heavy atom. The summed E-state index contributed by atoms with van der Waals surface area (Å²) in [6.45, 7) is 3.28. The summed E-state index contributed by atoms with van der Waals surface area (Å²) < 4.78 is 0. The van der Waals surface area contributed by atoms with E-state index in [0.717, 1.165) is 12.2 Å². The molecule has 0 radical (unpaired) electrons. The van der Waals surface area contributed by atoms with Crippen LogP contribution in [-0.4, -0.2) is 12.6 Å². The molecule has 17 heavy (non-hydrogen) atoms. The monoisotopic (exact) mass is 248 g/mol. The average Bonchev–Trinajstić information content (AvgIpc) is 2.54. The van der Waals surface area contributed by atoms with Gasteiger partial charge in [0.25, 0.3) is 0 Å². The van der Waals surface area contributed by atoms with Crippen molar-refractivity contribution in [2.45, 2.75) is 38.6 Å². The molecule has 1 aromatic rings. The molecule has 1 aromatic carbocycles. The normalized spacial score (nSPS) is 20.8. The number of halogens is 1. The molecule has 0 N–H and O–H groups in total. The van der Waals surface area contributed by atoms with Crippen LogP contribution < -0.4 is 4.90 Å². The van der Waals surface area contributed by atoms with E-state index in [1.807, 2.05) is 12.1 Å². The number of rotatable bonds is 1. The Morgan fingerprint density at radius 1 is 1.35 bits per heavy atom. The Labute approximate surface area is 108 Å². The first-order valence-corrected chi connectivity index (χ1v) is 6.56. The summed E-state index contributed by atoms with van der Waals surface area (Å²) in [6, 6.07) is 8.36. The first-order chi connectivity index (χ1) is 8.22. The van der Waals surface area contributed by atoms with E-state index in [-0.39, 0.29) is 0 Å². The minimum absolute atomic E-state index is 0.505. The molecule has 2 nitrogen and oxygen atoms in total. The molecule has 2 rings (SSSR count). The van der Waals surface area contributed by atoms with Crippen molar-refractivity contribution in [3.05, 3.63) is 28.8 Å². The third-order valence-corrected chi connectivity index (χ3v) is 3.68. The molecule has 0 aliphatic carbocycles. The predicted octanol–water partition coefficient (Wildman–Crippen LogP) is 3.98. The Balaban J connectivity index is 2.34. The number of nitriles is 1. The van der Waals surface area contributed by atoms with Crippen LogP contribution in [0.2, 0.25) is 5.02 Å². The lowest BCUT2D eigenvalue weighted by atomic mass is 10.1. The lowest BCUT2D eigenvalue weighted by Crippen LogP contribution is -2.32. The molecule has 90 valence electrons. The molecule has 1 saturated heterocycles. The van der Waals surface area contributed by atoms with Gasteiger partial charge in [-0.1, -0.05) is 24.4 Å². The first kappa shape index (κ1) is 12.3. The van der Waals surface area contributed by atoms with Crippen LogP contribution in [0.5, 0.6) is 0 Å². The van der Waals surface area contributed by atoms with Crippen molar-refractivity contribution in [1.29, 1.82) is 5.26 Å². The summed E-state index contributed by atoms with van der Waals surface area (Å²) in [6.07, 6.45) is 4.98. The van der Waals surface area contributed by atoms with Gasteiger partial charge in [0.15, 0.2) is 0 Å². The van der Waals surface area contributed by atoms with Gasteiger partial charge in [-0.15, -0.1) is 0 Å². The maximum atomic E-state index is 9.19. The molecular weight excluding hydrogens is 232 g/mol. The molecule has 1 atom stereocenters. The zero-order valence-corrected chi connectivity index (χ0v) is 10.9. The van der Waals surface area contributed by atoms with Crippen LogP contribution in [0, 0.1) is 11.3 Å². The summed E-state index contributed by atoms with van der Waals surface area (Å²) in [5, 5.41) is 9.83. The predicted molar refractivity (Wildman–Crippen MR) is 71.4 cm³/mol. The van der Waals surface area contributed by atoms with E-state index in [1.165, 1.54) is 25.7 Å². The van der Waals surface area contributed by atoms with Gasteiger partial charge >= 0.3 is 0 Å². The summed E-state index contributed by atoms with van der Waals surface area (Å²) in [7, 11) is 0. The van der Waals surface area contributed by atoms with Gasteiger partial charge in [0.2, 0.25) is 0 Å². The van der Waals surface area contributed by atoms with Crippen LogP contribution >= 0.6 is 11.6 Å². The molecule has 1 heterocycles. The van der Waals surface area contributed by atoms with E-state index >= 15 is 0 Å². The van der Waals surface area contributed by atoms with Crippen LogP contribution in [0.3, 0.4) is 0 Å². The van der Waals surface area contributed by atoms with Gasteiger partial charge in [0.05, 0.1) is 11.3 Å². The molecular formula is C14H17ClN2. The van der Waals surface area contributed by atoms with Crippen molar-refractivity contribution in [3.8, 4) is 6.07 Å². The zero-order chi connectivity index (χ0) is 12.3. The van der Waals surface area contributed by atoms with Gasteiger partial charge < -0.3 is 4.90 Å². The van der Waals surface area contributed by atoms with E-state index in [9.17, 15) is 5.26 Å². The van der Waals surface area contributed by atoms with E-state index in [4.69, 9.17) is 11.6 Å². The van der Waals surface area contributed by atoms with E-state index in [2.05, 4.69) is 17.9 Å². The first-order valence-electron chi connectivity index (χ1n) is 6.18. The highest BCUT2D eigenvalue weighted by Gasteiger charge is 2.19. The standard InChI is InChI=1S/C14H17ClN2/c1-11-5-3-2-4-8-17(11)14-7-6-13(15)9-12(14)10-16/h6-7,9,11H,2-5,8H2,1H3. The Kier molecular flexibility index (Phi) is 3.91. The van der Waals surface area contributed by atoms with Crippen molar-refractivity contribution in [3.63, 3.8) is 0 Å². The summed E-state index contributed by atoms with van der Waals surface area (Å²) >= 11 is 5.93. The highest BCUT2D eigenvalue weighted by molar-refractivity contribution is 6.30. The Hall–Kier alpha value is -1.20. The zero-order valence-electron chi connectivity index (χ0n) is 10.1. The maximum Gasteiger partial charge on any atom is 0.101 e. The van der Waals surface area contributed by atoms with E-state index in [1.54, 1.807) is 6.07 Å². The van der Waals surface area contributed by atoms with Gasteiger partial charge in [-0.25, -0.2) is 0 Å². The number of nitrogens with zero attached hydrogens (tertiary/aromatic N) is 2. The quantitative estimate of drug-likeness (QED) is 0.752. The Bertz CT molecular complexity index is 436. The molecule has 0 aromatic heterocycles. The van der Waals surface area contributed by atoms with Crippen molar-refractivity contribution in [2.24, 2.45) is 0 Å². The van der Waals surface area contributed by atoms with Crippen molar-refractivity contribution in [1.82, 2.24) is 0 Å². The van der Waals surface area contributed by atoms with E-state index < -0.39 is 0 Å². The van der Waals surface area contributed by atoms with Gasteiger partial charge in [-0.05, 0) is 38.0 Å². The minimum atomic E-state index is 0.505. The van der Waals surface area contributed by atoms with Crippen molar-refractivity contribution in [2.75, 3.05) is 11.4 Å². The SMILES string of the molecule is CC1CCCCCN1c1ccc(Cl)cc1C#N. The molecule has 1 fully saturated rings. The maximum absolute atomic E-state index is 9.19. The van der Waals surface area contributed by atoms with Gasteiger partial charge in [0.1, 0.15) is 6.07 Å². The summed E-state index contributed by atoms with van der Waals surface area (Å²) in [4.78, 5) is 2.35. The molecule has 1 unspecified atom stereocenters. The molecule has 0 saturated carbocycles. The van der Waals surface area contributed by atoms with Crippen LogP contribution in [0.25, 0.3) is 0 Å². The van der Waals surface area contributed by atoms with Crippen LogP contribution in [0.1, 0.15) is 38.2 Å². The minimum Gasteiger partial charge on any atom is -0.368 e. The number of hydrogen-bond acceptors (Lipinski definition) is 2. The van der Waals surface area contributed by atoms with Crippen LogP contribution in [-0.2, 0) is 0 Å². The van der Waals surface area contributed by atoms with Gasteiger partial charge in [0, 0.05) is 17.6 Å². The number of anilines is 1. The highest BCUT2D eigenvalue weighted by atomic mass is 35.5. The second-order valence-corrected chi connectivity index (χ2v) is 5.10. The molecule has 0 bridgehead atoms. The molecule has 1 aliphatic heterocycles. The fourth-order valence-electron chi connectivity index (χ4n) is 2.48.